The van der Waals surface area contributed by atoms with Crippen molar-refractivity contribution < 1.29 is 14.3 Å². The molecular weight excluding hydrogens is 208 g/mol. The van der Waals surface area contributed by atoms with Crippen LogP contribution in [0, 0.1) is 5.92 Å². The summed E-state index contributed by atoms with van der Waals surface area (Å²) in [5, 5.41) is 14.1. The predicted octanol–water partition coefficient (Wildman–Crippen LogP) is 1.10. The number of aliphatic hydroxyl groups is 1. The summed E-state index contributed by atoms with van der Waals surface area (Å²) in [6.07, 6.45) is 2.26. The van der Waals surface area contributed by atoms with Gasteiger partial charge >= 0.3 is 6.03 Å². The van der Waals surface area contributed by atoms with Crippen LogP contribution in [0.25, 0.3) is 0 Å². The Labute approximate surface area is 94.8 Å². The van der Waals surface area contributed by atoms with E-state index in [1.165, 1.54) is 0 Å². The lowest BCUT2D eigenvalue weighted by molar-refractivity contribution is 0.233. The fourth-order valence-electron chi connectivity index (χ4n) is 1.23. The highest BCUT2D eigenvalue weighted by Gasteiger charge is 2.05. The summed E-state index contributed by atoms with van der Waals surface area (Å²) in [6.45, 7) is 3.07. The maximum Gasteiger partial charge on any atom is 0.315 e. The summed E-state index contributed by atoms with van der Waals surface area (Å²) in [7, 11) is 0. The molecule has 0 saturated carbocycles. The van der Waals surface area contributed by atoms with Gasteiger partial charge in [-0.15, -0.1) is 0 Å². The van der Waals surface area contributed by atoms with Crippen LogP contribution in [0.5, 0.6) is 0 Å². The third kappa shape index (κ3) is 4.84. The minimum absolute atomic E-state index is 0.150. The van der Waals surface area contributed by atoms with Gasteiger partial charge in [0.2, 0.25) is 0 Å². The van der Waals surface area contributed by atoms with E-state index in [-0.39, 0.29) is 18.6 Å². The monoisotopic (exact) mass is 226 g/mol. The van der Waals surface area contributed by atoms with E-state index in [1.807, 2.05) is 6.92 Å². The zero-order valence-electron chi connectivity index (χ0n) is 9.40. The number of aliphatic hydroxyl groups excluding tert-OH is 1. The van der Waals surface area contributed by atoms with E-state index >= 15 is 0 Å². The van der Waals surface area contributed by atoms with E-state index in [0.29, 0.717) is 19.5 Å². The molecule has 0 saturated heterocycles. The number of amides is 2. The van der Waals surface area contributed by atoms with Crippen LogP contribution in [0.2, 0.25) is 0 Å². The topological polar surface area (TPSA) is 74.5 Å². The molecule has 5 nitrogen and oxygen atoms in total. The molecule has 0 aliphatic rings. The molecule has 5 heteroatoms. The Hall–Kier alpha value is -1.49. The van der Waals surface area contributed by atoms with Gasteiger partial charge in [-0.25, -0.2) is 4.79 Å². The molecule has 0 radical (unpaired) electrons. The van der Waals surface area contributed by atoms with Gasteiger partial charge < -0.3 is 20.2 Å². The van der Waals surface area contributed by atoms with Crippen molar-refractivity contribution in [3.05, 3.63) is 24.2 Å². The Balaban J connectivity index is 2.11. The fraction of sp³-hybridized carbons (Fsp3) is 0.545. The fourth-order valence-corrected chi connectivity index (χ4v) is 1.23. The summed E-state index contributed by atoms with van der Waals surface area (Å²) in [4.78, 5) is 11.3. The standard InChI is InChI=1S/C11H18N2O3/c1-9(4-5-14)7-12-11(15)13-8-10-3-2-6-16-10/h2-3,6,9,14H,4-5,7-8H2,1H3,(H2,12,13,15). The molecule has 1 rings (SSSR count). The van der Waals surface area contributed by atoms with Crippen molar-refractivity contribution in [2.75, 3.05) is 13.2 Å². The van der Waals surface area contributed by atoms with Gasteiger partial charge in [-0.3, -0.25) is 0 Å². The van der Waals surface area contributed by atoms with Crippen molar-refractivity contribution in [1.82, 2.24) is 10.6 Å². The second-order valence-electron chi connectivity index (χ2n) is 3.76. The number of urea groups is 1. The Bertz CT molecular complexity index is 298. The van der Waals surface area contributed by atoms with Crippen molar-refractivity contribution in [1.29, 1.82) is 0 Å². The Kier molecular flexibility index (Phi) is 5.42. The summed E-state index contributed by atoms with van der Waals surface area (Å²) < 4.78 is 5.07. The molecule has 90 valence electrons. The van der Waals surface area contributed by atoms with Crippen LogP contribution in [0.15, 0.2) is 22.8 Å². The molecule has 1 atom stereocenters. The molecular formula is C11H18N2O3. The van der Waals surface area contributed by atoms with E-state index in [1.54, 1.807) is 18.4 Å². The first-order chi connectivity index (χ1) is 7.72. The highest BCUT2D eigenvalue weighted by Crippen LogP contribution is 1.99. The summed E-state index contributed by atoms with van der Waals surface area (Å²) >= 11 is 0. The molecule has 1 unspecified atom stereocenters. The Morgan fingerprint density at radius 3 is 3.00 bits per heavy atom. The first kappa shape index (κ1) is 12.6. The largest absolute Gasteiger partial charge is 0.467 e. The van der Waals surface area contributed by atoms with Crippen LogP contribution >= 0.6 is 0 Å². The number of carbonyl (C=O) groups excluding carboxylic acids is 1. The molecule has 16 heavy (non-hydrogen) atoms. The molecule has 3 N–H and O–H groups in total. The second kappa shape index (κ2) is 6.90. The SMILES string of the molecule is CC(CCO)CNC(=O)NCc1ccco1. The van der Waals surface area contributed by atoms with E-state index < -0.39 is 0 Å². The average molecular weight is 226 g/mol. The summed E-state index contributed by atoms with van der Waals surface area (Å²) in [5.41, 5.74) is 0. The third-order valence-corrected chi connectivity index (χ3v) is 2.24. The molecule has 1 aromatic rings. The lowest BCUT2D eigenvalue weighted by Gasteiger charge is -2.11. The maximum absolute atomic E-state index is 11.3. The number of nitrogens with one attached hydrogen (secondary N) is 2. The molecule has 0 aromatic carbocycles. The van der Waals surface area contributed by atoms with Crippen LogP contribution in [0.3, 0.4) is 0 Å². The number of hydrogen-bond acceptors (Lipinski definition) is 3. The molecule has 0 aliphatic carbocycles. The van der Waals surface area contributed by atoms with Gasteiger partial charge in [0.25, 0.3) is 0 Å². The maximum atomic E-state index is 11.3. The van der Waals surface area contributed by atoms with E-state index in [0.717, 1.165) is 5.76 Å². The predicted molar refractivity (Wildman–Crippen MR) is 59.8 cm³/mol. The summed E-state index contributed by atoms with van der Waals surface area (Å²) in [6, 6.07) is 3.36. The molecule has 0 spiro atoms. The van der Waals surface area contributed by atoms with E-state index in [4.69, 9.17) is 9.52 Å². The normalized spacial score (nSPS) is 12.1. The molecule has 2 amide bonds. The zero-order chi connectivity index (χ0) is 11.8. The molecule has 0 fully saturated rings. The van der Waals surface area contributed by atoms with Gasteiger partial charge in [-0.1, -0.05) is 6.92 Å². The van der Waals surface area contributed by atoms with Crippen molar-refractivity contribution in [2.45, 2.75) is 19.9 Å². The number of hydrogen-bond donors (Lipinski definition) is 3. The highest BCUT2D eigenvalue weighted by molar-refractivity contribution is 5.73. The first-order valence-corrected chi connectivity index (χ1v) is 5.37. The van der Waals surface area contributed by atoms with Gasteiger partial charge in [-0.05, 0) is 24.5 Å². The van der Waals surface area contributed by atoms with Gasteiger partial charge in [0.1, 0.15) is 5.76 Å². The molecule has 0 aliphatic heterocycles. The average Bonchev–Trinajstić information content (AvgIpc) is 2.77. The Morgan fingerprint density at radius 2 is 2.38 bits per heavy atom. The van der Waals surface area contributed by atoms with Crippen LogP contribution < -0.4 is 10.6 Å². The van der Waals surface area contributed by atoms with Crippen LogP contribution in [0.1, 0.15) is 19.1 Å². The van der Waals surface area contributed by atoms with Crippen molar-refractivity contribution >= 4 is 6.03 Å². The second-order valence-corrected chi connectivity index (χ2v) is 3.76. The smallest absolute Gasteiger partial charge is 0.315 e. The van der Waals surface area contributed by atoms with Gasteiger partial charge in [0.15, 0.2) is 0 Å². The third-order valence-electron chi connectivity index (χ3n) is 2.24. The van der Waals surface area contributed by atoms with Gasteiger partial charge in [0.05, 0.1) is 12.8 Å². The van der Waals surface area contributed by atoms with Crippen LogP contribution in [0.4, 0.5) is 4.79 Å². The van der Waals surface area contributed by atoms with Crippen LogP contribution in [-0.2, 0) is 6.54 Å². The van der Waals surface area contributed by atoms with Crippen molar-refractivity contribution in [3.8, 4) is 0 Å². The number of furan rings is 1. The van der Waals surface area contributed by atoms with Crippen molar-refractivity contribution in [3.63, 3.8) is 0 Å². The van der Waals surface area contributed by atoms with Gasteiger partial charge in [0, 0.05) is 13.2 Å². The summed E-state index contributed by atoms with van der Waals surface area (Å²) in [5.74, 6) is 0.998. The molecule has 0 bridgehead atoms. The first-order valence-electron chi connectivity index (χ1n) is 5.37. The zero-order valence-corrected chi connectivity index (χ0v) is 9.40. The molecule has 1 heterocycles. The molecule has 1 aromatic heterocycles. The number of carbonyl (C=O) groups is 1. The minimum atomic E-state index is -0.221. The minimum Gasteiger partial charge on any atom is -0.467 e. The van der Waals surface area contributed by atoms with E-state index in [9.17, 15) is 4.79 Å². The number of rotatable bonds is 6. The quantitative estimate of drug-likeness (QED) is 0.680. The lowest BCUT2D eigenvalue weighted by Crippen LogP contribution is -2.37. The Morgan fingerprint density at radius 1 is 1.56 bits per heavy atom. The van der Waals surface area contributed by atoms with Crippen LogP contribution in [-0.4, -0.2) is 24.3 Å². The highest BCUT2D eigenvalue weighted by atomic mass is 16.3. The van der Waals surface area contributed by atoms with Crippen molar-refractivity contribution in [2.24, 2.45) is 5.92 Å². The van der Waals surface area contributed by atoms with Gasteiger partial charge in [-0.2, -0.15) is 0 Å². The lowest BCUT2D eigenvalue weighted by atomic mass is 10.1. The van der Waals surface area contributed by atoms with E-state index in [2.05, 4.69) is 10.6 Å².